The molecule has 1 atom stereocenters. The van der Waals surface area contributed by atoms with E-state index in [1.807, 2.05) is 57.2 Å². The lowest BCUT2D eigenvalue weighted by atomic mass is 9.91. The van der Waals surface area contributed by atoms with Crippen molar-refractivity contribution in [2.75, 3.05) is 13.1 Å². The van der Waals surface area contributed by atoms with E-state index >= 15 is 0 Å². The number of aromatic nitrogens is 1. The molecule has 4 aromatic rings. The van der Waals surface area contributed by atoms with Crippen molar-refractivity contribution in [2.45, 2.75) is 72.6 Å². The molecule has 0 aliphatic carbocycles. The third-order valence-corrected chi connectivity index (χ3v) is 8.50. The Balaban J connectivity index is 1.35. The van der Waals surface area contributed by atoms with E-state index < -0.39 is 5.60 Å². The quantitative estimate of drug-likeness (QED) is 0.236. The molecule has 1 amide bonds. The number of benzene rings is 3. The first-order valence-electron chi connectivity index (χ1n) is 15.0. The molecule has 5 rings (SSSR count). The Morgan fingerprint density at radius 3 is 2.38 bits per heavy atom. The molecular formula is C36H43N3O3. The summed E-state index contributed by atoms with van der Waals surface area (Å²) in [5, 5.41) is 7.76. The summed E-state index contributed by atoms with van der Waals surface area (Å²) in [7, 11) is 0. The fourth-order valence-electron chi connectivity index (χ4n) is 5.97. The number of rotatable bonds is 7. The zero-order chi connectivity index (χ0) is 30.0. The molecule has 0 saturated carbocycles. The highest BCUT2D eigenvalue weighted by molar-refractivity contribution is 5.99. The van der Waals surface area contributed by atoms with Crippen LogP contribution in [0.5, 0.6) is 0 Å². The number of aryl methyl sites for hydroxylation is 1. The number of nitrogens with zero attached hydrogens (tertiary/aromatic N) is 1. The van der Waals surface area contributed by atoms with Gasteiger partial charge in [-0.05, 0) is 120 Å². The minimum atomic E-state index is -0.556. The average Bonchev–Trinajstić information content (AvgIpc) is 3.21. The van der Waals surface area contributed by atoms with Crippen molar-refractivity contribution in [3.8, 4) is 11.1 Å². The van der Waals surface area contributed by atoms with Crippen LogP contribution in [0.3, 0.4) is 0 Å². The van der Waals surface area contributed by atoms with Crippen molar-refractivity contribution in [1.82, 2.24) is 15.2 Å². The zero-order valence-electron chi connectivity index (χ0n) is 25.7. The molecule has 0 unspecified atom stereocenters. The van der Waals surface area contributed by atoms with Crippen molar-refractivity contribution in [1.29, 1.82) is 0 Å². The van der Waals surface area contributed by atoms with Gasteiger partial charge in [-0.25, -0.2) is 4.79 Å². The highest BCUT2D eigenvalue weighted by Gasteiger charge is 2.23. The summed E-state index contributed by atoms with van der Waals surface area (Å²) in [4.78, 5) is 26.0. The average molecular weight is 566 g/mol. The standard InChI is InChI=1S/C36H43N3O3/c1-23-25(3)39(33-16-15-29(21-32(23)33)34(40)38-24(2)27-17-19-37-20-18-27)22-26-11-13-28(14-12-26)30-9-7-8-10-31(30)35(41)42-36(4,5)6/h7-16,21,24,27,37H,17-20,22H2,1-6H3,(H,38,40)/t24-/m1/s1. The van der Waals surface area contributed by atoms with Gasteiger partial charge in [-0.3, -0.25) is 4.79 Å². The molecule has 220 valence electrons. The van der Waals surface area contributed by atoms with E-state index in [1.54, 1.807) is 0 Å². The molecule has 0 bridgehead atoms. The summed E-state index contributed by atoms with van der Waals surface area (Å²) < 4.78 is 7.96. The molecule has 6 heteroatoms. The normalized spacial score (nSPS) is 15.0. The Bertz CT molecular complexity index is 1590. The topological polar surface area (TPSA) is 72.4 Å². The monoisotopic (exact) mass is 565 g/mol. The van der Waals surface area contributed by atoms with Gasteiger partial charge in [-0.15, -0.1) is 0 Å². The summed E-state index contributed by atoms with van der Waals surface area (Å²) in [6.07, 6.45) is 2.19. The molecule has 3 aromatic carbocycles. The summed E-state index contributed by atoms with van der Waals surface area (Å²) >= 11 is 0. The predicted octanol–water partition coefficient (Wildman–Crippen LogP) is 7.05. The number of ether oxygens (including phenoxy) is 1. The second-order valence-corrected chi connectivity index (χ2v) is 12.6. The predicted molar refractivity (Wildman–Crippen MR) is 170 cm³/mol. The van der Waals surface area contributed by atoms with Crippen LogP contribution in [0, 0.1) is 19.8 Å². The van der Waals surface area contributed by atoms with Crippen LogP contribution in [0.1, 0.15) is 78.1 Å². The molecule has 2 N–H and O–H groups in total. The summed E-state index contributed by atoms with van der Waals surface area (Å²) in [6.45, 7) is 14.8. The molecule has 0 radical (unpaired) electrons. The molecule has 1 aliphatic heterocycles. The fourth-order valence-corrected chi connectivity index (χ4v) is 5.97. The van der Waals surface area contributed by atoms with Crippen molar-refractivity contribution in [3.05, 3.63) is 94.7 Å². The van der Waals surface area contributed by atoms with Crippen LogP contribution in [0.25, 0.3) is 22.0 Å². The van der Waals surface area contributed by atoms with Crippen molar-refractivity contribution in [3.63, 3.8) is 0 Å². The largest absolute Gasteiger partial charge is 0.456 e. The highest BCUT2D eigenvalue weighted by Crippen LogP contribution is 2.30. The first kappa shape index (κ1) is 29.6. The van der Waals surface area contributed by atoms with Gasteiger partial charge in [0.1, 0.15) is 5.60 Å². The van der Waals surface area contributed by atoms with Crippen LogP contribution in [0.4, 0.5) is 0 Å². The lowest BCUT2D eigenvalue weighted by Gasteiger charge is -2.28. The number of piperidine rings is 1. The molecule has 2 heterocycles. The van der Waals surface area contributed by atoms with E-state index in [0.29, 0.717) is 23.6 Å². The van der Waals surface area contributed by atoms with Crippen LogP contribution >= 0.6 is 0 Å². The second-order valence-electron chi connectivity index (χ2n) is 12.6. The third kappa shape index (κ3) is 6.44. The number of amides is 1. The lowest BCUT2D eigenvalue weighted by molar-refractivity contribution is 0.00703. The SMILES string of the molecule is Cc1c(C)n(Cc2ccc(-c3ccccc3C(=O)OC(C)(C)C)cc2)c2ccc(C(=O)N[C@H](C)C3CCNCC3)cc12. The second kappa shape index (κ2) is 12.1. The number of hydrogen-bond donors (Lipinski definition) is 2. The van der Waals surface area contributed by atoms with Crippen molar-refractivity contribution >= 4 is 22.8 Å². The van der Waals surface area contributed by atoms with E-state index in [2.05, 4.69) is 66.3 Å². The molecule has 6 nitrogen and oxygen atoms in total. The Hall–Kier alpha value is -3.90. The summed E-state index contributed by atoms with van der Waals surface area (Å²) in [5.41, 5.74) is 7.19. The smallest absolute Gasteiger partial charge is 0.339 e. The van der Waals surface area contributed by atoms with E-state index in [0.717, 1.165) is 53.5 Å². The summed E-state index contributed by atoms with van der Waals surface area (Å²) in [6, 6.07) is 22.2. The minimum Gasteiger partial charge on any atom is -0.456 e. The molecule has 1 aromatic heterocycles. The highest BCUT2D eigenvalue weighted by atomic mass is 16.6. The number of carbonyl (C=O) groups excluding carboxylic acids is 2. The number of hydrogen-bond acceptors (Lipinski definition) is 4. The summed E-state index contributed by atoms with van der Waals surface area (Å²) in [5.74, 6) is 0.192. The number of fused-ring (bicyclic) bond motifs is 1. The Labute approximate surface area is 249 Å². The molecule has 0 spiro atoms. The van der Waals surface area contributed by atoms with Gasteiger partial charge in [0, 0.05) is 34.7 Å². The van der Waals surface area contributed by atoms with Crippen LogP contribution in [0.15, 0.2) is 66.7 Å². The third-order valence-electron chi connectivity index (χ3n) is 8.50. The Morgan fingerprint density at radius 1 is 1.00 bits per heavy atom. The van der Waals surface area contributed by atoms with Crippen LogP contribution < -0.4 is 10.6 Å². The molecule has 1 fully saturated rings. The van der Waals surface area contributed by atoms with Gasteiger partial charge in [-0.2, -0.15) is 0 Å². The van der Waals surface area contributed by atoms with Gasteiger partial charge in [-0.1, -0.05) is 42.5 Å². The minimum absolute atomic E-state index is 0.00464. The van der Waals surface area contributed by atoms with E-state index in [9.17, 15) is 9.59 Å². The van der Waals surface area contributed by atoms with Gasteiger partial charge in [0.25, 0.3) is 5.91 Å². The maximum absolute atomic E-state index is 13.2. The number of esters is 1. The fraction of sp³-hybridized carbons (Fsp3) is 0.389. The molecule has 42 heavy (non-hydrogen) atoms. The number of carbonyl (C=O) groups is 2. The first-order chi connectivity index (χ1) is 20.0. The Kier molecular flexibility index (Phi) is 8.55. The van der Waals surface area contributed by atoms with Crippen LogP contribution in [0.2, 0.25) is 0 Å². The van der Waals surface area contributed by atoms with Gasteiger partial charge < -0.3 is 19.9 Å². The van der Waals surface area contributed by atoms with E-state index in [4.69, 9.17) is 4.74 Å². The Morgan fingerprint density at radius 2 is 1.69 bits per heavy atom. The molecular weight excluding hydrogens is 522 g/mol. The zero-order valence-corrected chi connectivity index (χ0v) is 25.7. The van der Waals surface area contributed by atoms with E-state index in [-0.39, 0.29) is 17.9 Å². The maximum Gasteiger partial charge on any atom is 0.339 e. The lowest BCUT2D eigenvalue weighted by Crippen LogP contribution is -2.42. The number of nitrogens with one attached hydrogen (secondary N) is 2. The van der Waals surface area contributed by atoms with Crippen LogP contribution in [-0.2, 0) is 11.3 Å². The van der Waals surface area contributed by atoms with Crippen molar-refractivity contribution < 1.29 is 14.3 Å². The van der Waals surface area contributed by atoms with E-state index in [1.165, 1.54) is 11.3 Å². The van der Waals surface area contributed by atoms with Crippen LogP contribution in [-0.4, -0.2) is 41.2 Å². The van der Waals surface area contributed by atoms with Gasteiger partial charge >= 0.3 is 5.97 Å². The first-order valence-corrected chi connectivity index (χ1v) is 15.0. The maximum atomic E-state index is 13.2. The van der Waals surface area contributed by atoms with Gasteiger partial charge in [0.05, 0.1) is 5.56 Å². The molecule has 1 aliphatic rings. The molecule has 1 saturated heterocycles. The van der Waals surface area contributed by atoms with Crippen molar-refractivity contribution in [2.24, 2.45) is 5.92 Å². The van der Waals surface area contributed by atoms with Gasteiger partial charge in [0.2, 0.25) is 0 Å². The van der Waals surface area contributed by atoms with Gasteiger partial charge in [0.15, 0.2) is 0 Å².